The minimum atomic E-state index is 0.458. The minimum Gasteiger partial charge on any atom is -0.310 e. The smallest absolute Gasteiger partial charge is 0.0309 e. The molecule has 0 aliphatic carbocycles. The Hall–Kier alpha value is -0.0800. The summed E-state index contributed by atoms with van der Waals surface area (Å²) in [5.41, 5.74) is 0.458. The van der Waals surface area contributed by atoms with Gasteiger partial charge in [0.05, 0.1) is 0 Å². The Balaban J connectivity index is 1.82. The van der Waals surface area contributed by atoms with Gasteiger partial charge in [-0.1, -0.05) is 27.2 Å². The second kappa shape index (κ2) is 6.38. The van der Waals surface area contributed by atoms with E-state index in [9.17, 15) is 0 Å². The van der Waals surface area contributed by atoms with Gasteiger partial charge in [-0.15, -0.1) is 0 Å². The number of nitrogens with zero attached hydrogens (tertiary/aromatic N) is 1. The van der Waals surface area contributed by atoms with Crippen LogP contribution in [-0.2, 0) is 0 Å². The van der Waals surface area contributed by atoms with Crippen LogP contribution in [-0.4, -0.2) is 36.6 Å². The first-order chi connectivity index (χ1) is 8.65. The van der Waals surface area contributed by atoms with Crippen molar-refractivity contribution in [1.29, 1.82) is 0 Å². The molecule has 2 rings (SSSR count). The fourth-order valence-corrected chi connectivity index (χ4v) is 3.98. The van der Waals surface area contributed by atoms with Crippen LogP contribution in [0.4, 0.5) is 0 Å². The topological polar surface area (TPSA) is 15.3 Å². The molecule has 18 heavy (non-hydrogen) atoms. The molecule has 2 aliphatic rings. The molecule has 2 heteroatoms. The Morgan fingerprint density at radius 3 is 2.50 bits per heavy atom. The van der Waals surface area contributed by atoms with Gasteiger partial charge in [-0.25, -0.2) is 0 Å². The Bertz CT molecular complexity index is 235. The van der Waals surface area contributed by atoms with Crippen LogP contribution in [0.1, 0.15) is 59.3 Å². The SMILES string of the molecule is CCCC1(CN2CCC(C(C)C)CC2)CCCN1. The normalized spacial score (nSPS) is 31.3. The summed E-state index contributed by atoms with van der Waals surface area (Å²) in [6.45, 7) is 12.3. The lowest BCUT2D eigenvalue weighted by Crippen LogP contribution is -2.51. The van der Waals surface area contributed by atoms with Crippen LogP contribution in [0.2, 0.25) is 0 Å². The molecule has 0 aromatic rings. The third-order valence-electron chi connectivity index (χ3n) is 5.16. The maximum absolute atomic E-state index is 3.81. The van der Waals surface area contributed by atoms with Crippen LogP contribution in [0.5, 0.6) is 0 Å². The number of hydrogen-bond acceptors (Lipinski definition) is 2. The van der Waals surface area contributed by atoms with Gasteiger partial charge < -0.3 is 10.2 Å². The highest BCUT2D eigenvalue weighted by Crippen LogP contribution is 2.29. The molecule has 2 fully saturated rings. The highest BCUT2D eigenvalue weighted by Gasteiger charge is 2.35. The van der Waals surface area contributed by atoms with E-state index in [0.717, 1.165) is 11.8 Å². The van der Waals surface area contributed by atoms with Crippen molar-refractivity contribution in [1.82, 2.24) is 10.2 Å². The van der Waals surface area contributed by atoms with Crippen molar-refractivity contribution in [3.63, 3.8) is 0 Å². The average Bonchev–Trinajstić information content (AvgIpc) is 2.79. The Labute approximate surface area is 114 Å². The lowest BCUT2D eigenvalue weighted by molar-refractivity contribution is 0.118. The molecule has 0 aromatic carbocycles. The van der Waals surface area contributed by atoms with Gasteiger partial charge in [0.15, 0.2) is 0 Å². The van der Waals surface area contributed by atoms with Crippen molar-refractivity contribution >= 4 is 0 Å². The largest absolute Gasteiger partial charge is 0.310 e. The van der Waals surface area contributed by atoms with Crippen molar-refractivity contribution in [2.75, 3.05) is 26.2 Å². The fourth-order valence-electron chi connectivity index (χ4n) is 3.98. The maximum Gasteiger partial charge on any atom is 0.0309 e. The van der Waals surface area contributed by atoms with Gasteiger partial charge in [0.2, 0.25) is 0 Å². The number of rotatable bonds is 5. The molecule has 1 N–H and O–H groups in total. The van der Waals surface area contributed by atoms with Gasteiger partial charge >= 0.3 is 0 Å². The van der Waals surface area contributed by atoms with Crippen molar-refractivity contribution in [3.8, 4) is 0 Å². The Morgan fingerprint density at radius 1 is 1.28 bits per heavy atom. The van der Waals surface area contributed by atoms with Crippen LogP contribution in [0.15, 0.2) is 0 Å². The second-order valence-electron chi connectivity index (χ2n) is 6.92. The van der Waals surface area contributed by atoms with Gasteiger partial charge in [-0.2, -0.15) is 0 Å². The molecule has 1 atom stereocenters. The molecule has 0 aromatic heterocycles. The Kier molecular flexibility index (Phi) is 5.08. The number of piperidine rings is 1. The quantitative estimate of drug-likeness (QED) is 0.808. The van der Waals surface area contributed by atoms with Crippen LogP contribution >= 0.6 is 0 Å². The summed E-state index contributed by atoms with van der Waals surface area (Å²) in [7, 11) is 0. The predicted octanol–water partition coefficient (Wildman–Crippen LogP) is 3.28. The molecule has 0 spiro atoms. The fraction of sp³-hybridized carbons (Fsp3) is 1.00. The monoisotopic (exact) mass is 252 g/mol. The third kappa shape index (κ3) is 3.48. The molecule has 0 bridgehead atoms. The van der Waals surface area contributed by atoms with E-state index in [4.69, 9.17) is 0 Å². The van der Waals surface area contributed by atoms with Crippen molar-refractivity contribution < 1.29 is 0 Å². The lowest BCUT2D eigenvalue weighted by Gasteiger charge is -2.40. The third-order valence-corrected chi connectivity index (χ3v) is 5.16. The van der Waals surface area contributed by atoms with E-state index >= 15 is 0 Å². The molecular formula is C16H32N2. The van der Waals surface area contributed by atoms with Crippen LogP contribution in [0.3, 0.4) is 0 Å². The van der Waals surface area contributed by atoms with E-state index in [1.165, 1.54) is 64.7 Å². The first-order valence-corrected chi connectivity index (χ1v) is 8.12. The zero-order chi connectivity index (χ0) is 13.0. The van der Waals surface area contributed by atoms with Gasteiger partial charge in [-0.05, 0) is 63.6 Å². The van der Waals surface area contributed by atoms with E-state index < -0.39 is 0 Å². The highest BCUT2D eigenvalue weighted by molar-refractivity contribution is 4.95. The van der Waals surface area contributed by atoms with E-state index in [2.05, 4.69) is 31.0 Å². The zero-order valence-electron chi connectivity index (χ0n) is 12.7. The number of nitrogens with one attached hydrogen (secondary N) is 1. The summed E-state index contributed by atoms with van der Waals surface area (Å²) in [6, 6.07) is 0. The molecule has 2 heterocycles. The summed E-state index contributed by atoms with van der Waals surface area (Å²) >= 11 is 0. The first-order valence-electron chi connectivity index (χ1n) is 8.12. The maximum atomic E-state index is 3.81. The van der Waals surface area contributed by atoms with E-state index in [0.29, 0.717) is 5.54 Å². The van der Waals surface area contributed by atoms with Gasteiger partial charge in [-0.3, -0.25) is 0 Å². The molecule has 2 aliphatic heterocycles. The lowest BCUT2D eigenvalue weighted by atomic mass is 9.85. The molecule has 106 valence electrons. The predicted molar refractivity (Wildman–Crippen MR) is 78.9 cm³/mol. The zero-order valence-corrected chi connectivity index (χ0v) is 12.7. The van der Waals surface area contributed by atoms with Crippen LogP contribution in [0.25, 0.3) is 0 Å². The summed E-state index contributed by atoms with van der Waals surface area (Å²) in [4.78, 5) is 2.73. The van der Waals surface area contributed by atoms with Crippen molar-refractivity contribution in [3.05, 3.63) is 0 Å². The average molecular weight is 252 g/mol. The molecule has 2 nitrogen and oxygen atoms in total. The molecule has 1 unspecified atom stereocenters. The number of hydrogen-bond donors (Lipinski definition) is 1. The van der Waals surface area contributed by atoms with Gasteiger partial charge in [0.25, 0.3) is 0 Å². The highest BCUT2D eigenvalue weighted by atomic mass is 15.2. The van der Waals surface area contributed by atoms with Gasteiger partial charge in [0, 0.05) is 12.1 Å². The van der Waals surface area contributed by atoms with Gasteiger partial charge in [0.1, 0.15) is 0 Å². The van der Waals surface area contributed by atoms with Crippen molar-refractivity contribution in [2.24, 2.45) is 11.8 Å². The van der Waals surface area contributed by atoms with E-state index in [1.54, 1.807) is 0 Å². The summed E-state index contributed by atoms with van der Waals surface area (Å²) < 4.78 is 0. The Morgan fingerprint density at radius 2 is 2.00 bits per heavy atom. The first kappa shape index (κ1) is 14.3. The minimum absolute atomic E-state index is 0.458. The second-order valence-corrected chi connectivity index (χ2v) is 6.92. The molecule has 0 radical (unpaired) electrons. The standard InChI is InChI=1S/C16H32N2/c1-4-8-16(9-5-10-17-16)13-18-11-6-15(7-12-18)14(2)3/h14-15,17H,4-13H2,1-3H3. The summed E-state index contributed by atoms with van der Waals surface area (Å²) in [5.74, 6) is 1.85. The van der Waals surface area contributed by atoms with E-state index in [1.807, 2.05) is 0 Å². The summed E-state index contributed by atoms with van der Waals surface area (Å²) in [6.07, 6.45) is 8.28. The molecule has 0 amide bonds. The van der Waals surface area contributed by atoms with Crippen LogP contribution < -0.4 is 5.32 Å². The molecular weight excluding hydrogens is 220 g/mol. The number of likely N-dealkylation sites (tertiary alicyclic amines) is 1. The summed E-state index contributed by atoms with van der Waals surface area (Å²) in [5, 5.41) is 3.81. The van der Waals surface area contributed by atoms with Crippen LogP contribution in [0, 0.1) is 11.8 Å². The molecule has 0 saturated carbocycles. The molecule has 2 saturated heterocycles. The van der Waals surface area contributed by atoms with E-state index in [-0.39, 0.29) is 0 Å². The van der Waals surface area contributed by atoms with Crippen molar-refractivity contribution in [2.45, 2.75) is 64.8 Å².